The molecule has 6 nitrogen and oxygen atoms in total. The van der Waals surface area contributed by atoms with E-state index in [0.717, 1.165) is 27.5 Å². The van der Waals surface area contributed by atoms with Crippen LogP contribution in [0.25, 0.3) is 10.8 Å². The number of anilines is 2. The summed E-state index contributed by atoms with van der Waals surface area (Å²) in [5, 5.41) is 21.6. The van der Waals surface area contributed by atoms with Gasteiger partial charge in [0.15, 0.2) is 5.75 Å². The standard InChI is InChI=1S/C46H30N2O4/c47-42-29-35(20-26-44(42)49)51-34-19-25-38-40(24-18-33-14-8-3-9-15-33)46(52-36-21-27-45(50)43(48)30-36)39(23-17-32-12-6-2-7-13-32)37(41(38)28-34)22-16-31-10-4-1-5-11-31/h1-15,19-21,25-30,49-50H,47-48H2. The molecule has 7 aromatic rings. The van der Waals surface area contributed by atoms with Crippen LogP contribution in [-0.4, -0.2) is 10.2 Å². The zero-order chi connectivity index (χ0) is 35.9. The van der Waals surface area contributed by atoms with Gasteiger partial charge in [-0.25, -0.2) is 0 Å². The Morgan fingerprint density at radius 3 is 1.31 bits per heavy atom. The topological polar surface area (TPSA) is 111 Å². The lowest BCUT2D eigenvalue weighted by atomic mass is 9.92. The molecule has 6 N–H and O–H groups in total. The van der Waals surface area contributed by atoms with E-state index in [1.54, 1.807) is 24.3 Å². The summed E-state index contributed by atoms with van der Waals surface area (Å²) >= 11 is 0. The van der Waals surface area contributed by atoms with Crippen LogP contribution in [0.5, 0.6) is 34.5 Å². The molecule has 0 fully saturated rings. The monoisotopic (exact) mass is 674 g/mol. The normalized spacial score (nSPS) is 10.2. The molecule has 0 unspecified atom stereocenters. The van der Waals surface area contributed by atoms with Crippen molar-refractivity contribution in [1.82, 2.24) is 0 Å². The van der Waals surface area contributed by atoms with Crippen LogP contribution >= 0.6 is 0 Å². The van der Waals surface area contributed by atoms with Crippen molar-refractivity contribution in [3.63, 3.8) is 0 Å². The van der Waals surface area contributed by atoms with Gasteiger partial charge in [0.05, 0.1) is 28.1 Å². The SMILES string of the molecule is Nc1cc(Oc2ccc3c(C#Cc4ccccc4)c(Oc4ccc(O)c(N)c4)c(C#Cc4ccccc4)c(C#Cc4ccccc4)c3c2)ccc1O. The molecule has 0 saturated heterocycles. The predicted molar refractivity (Wildman–Crippen MR) is 206 cm³/mol. The van der Waals surface area contributed by atoms with Crippen molar-refractivity contribution in [1.29, 1.82) is 0 Å². The quantitative estimate of drug-likeness (QED) is 0.0842. The third kappa shape index (κ3) is 7.46. The van der Waals surface area contributed by atoms with E-state index in [1.807, 2.05) is 109 Å². The third-order valence-corrected chi connectivity index (χ3v) is 8.00. The zero-order valence-corrected chi connectivity index (χ0v) is 27.7. The van der Waals surface area contributed by atoms with E-state index in [0.29, 0.717) is 39.7 Å². The van der Waals surface area contributed by atoms with Gasteiger partial charge in [-0.2, -0.15) is 0 Å². The van der Waals surface area contributed by atoms with Crippen molar-refractivity contribution in [2.24, 2.45) is 0 Å². The van der Waals surface area contributed by atoms with Crippen LogP contribution in [0.15, 0.2) is 146 Å². The van der Waals surface area contributed by atoms with E-state index in [4.69, 9.17) is 20.9 Å². The molecule has 6 heteroatoms. The number of benzene rings is 7. The summed E-state index contributed by atoms with van der Waals surface area (Å²) in [5.74, 6) is 21.7. The maximum absolute atomic E-state index is 10.2. The molecular weight excluding hydrogens is 645 g/mol. The second kappa shape index (κ2) is 14.8. The Bertz CT molecular complexity index is 2620. The first-order chi connectivity index (χ1) is 25.4. The summed E-state index contributed by atoms with van der Waals surface area (Å²) in [6.45, 7) is 0. The number of nitrogen functional groups attached to an aromatic ring is 2. The lowest BCUT2D eigenvalue weighted by Gasteiger charge is -2.17. The summed E-state index contributed by atoms with van der Waals surface area (Å²) in [6, 6.07) is 43.9. The largest absolute Gasteiger partial charge is 0.506 e. The number of phenolic OH excluding ortho intramolecular Hbond substituents is 2. The number of phenols is 2. The van der Waals surface area contributed by atoms with Gasteiger partial charge in [-0.15, -0.1) is 0 Å². The van der Waals surface area contributed by atoms with Crippen molar-refractivity contribution in [2.75, 3.05) is 11.5 Å². The van der Waals surface area contributed by atoms with Gasteiger partial charge in [0.2, 0.25) is 0 Å². The number of hydrogen-bond acceptors (Lipinski definition) is 6. The molecule has 248 valence electrons. The number of aromatic hydroxyl groups is 2. The molecule has 0 spiro atoms. The minimum atomic E-state index is -0.0589. The molecule has 0 bridgehead atoms. The van der Waals surface area contributed by atoms with Crippen molar-refractivity contribution >= 4 is 22.1 Å². The fourth-order valence-corrected chi connectivity index (χ4v) is 5.40. The Labute approximate surface area is 301 Å². The number of rotatable bonds is 4. The fourth-order valence-electron chi connectivity index (χ4n) is 5.40. The summed E-state index contributed by atoms with van der Waals surface area (Å²) in [4.78, 5) is 0. The van der Waals surface area contributed by atoms with Gasteiger partial charge >= 0.3 is 0 Å². The van der Waals surface area contributed by atoms with E-state index in [9.17, 15) is 10.2 Å². The van der Waals surface area contributed by atoms with Gasteiger partial charge in [-0.1, -0.05) is 90.1 Å². The zero-order valence-electron chi connectivity index (χ0n) is 27.7. The highest BCUT2D eigenvalue weighted by Gasteiger charge is 2.21. The highest BCUT2D eigenvalue weighted by molar-refractivity contribution is 5.99. The van der Waals surface area contributed by atoms with E-state index < -0.39 is 0 Å². The van der Waals surface area contributed by atoms with Crippen LogP contribution in [0.3, 0.4) is 0 Å². The van der Waals surface area contributed by atoms with E-state index in [1.165, 1.54) is 12.1 Å². The van der Waals surface area contributed by atoms with Crippen LogP contribution in [-0.2, 0) is 0 Å². The van der Waals surface area contributed by atoms with Crippen LogP contribution in [0.1, 0.15) is 33.4 Å². The van der Waals surface area contributed by atoms with Gasteiger partial charge in [-0.3, -0.25) is 0 Å². The Hall–Kier alpha value is -7.72. The summed E-state index contributed by atoms with van der Waals surface area (Å²) in [7, 11) is 0. The third-order valence-electron chi connectivity index (χ3n) is 8.00. The molecule has 0 saturated carbocycles. The number of hydrogen-bond donors (Lipinski definition) is 4. The van der Waals surface area contributed by atoms with Gasteiger partial charge in [0.1, 0.15) is 28.7 Å². The molecule has 0 aliphatic rings. The number of ether oxygens (including phenoxy) is 2. The van der Waals surface area contributed by atoms with Gasteiger partial charge < -0.3 is 31.2 Å². The summed E-state index contributed by atoms with van der Waals surface area (Å²) < 4.78 is 12.9. The van der Waals surface area contributed by atoms with Crippen molar-refractivity contribution in [3.8, 4) is 70.0 Å². The molecule has 0 aliphatic carbocycles. The molecule has 7 rings (SSSR count). The van der Waals surface area contributed by atoms with Crippen LogP contribution in [0.2, 0.25) is 0 Å². The average molecular weight is 675 g/mol. The number of nitrogens with two attached hydrogens (primary N) is 2. The molecule has 0 heterocycles. The van der Waals surface area contributed by atoms with E-state index in [2.05, 4.69) is 35.5 Å². The lowest BCUT2D eigenvalue weighted by Crippen LogP contribution is -2.00. The second-order valence-corrected chi connectivity index (χ2v) is 11.7. The van der Waals surface area contributed by atoms with E-state index >= 15 is 0 Å². The first kappa shape index (κ1) is 32.8. The van der Waals surface area contributed by atoms with Crippen molar-refractivity contribution in [3.05, 3.63) is 179 Å². The second-order valence-electron chi connectivity index (χ2n) is 11.7. The fraction of sp³-hybridized carbons (Fsp3) is 0. The molecule has 0 atom stereocenters. The van der Waals surface area contributed by atoms with Gasteiger partial charge in [0.25, 0.3) is 0 Å². The smallest absolute Gasteiger partial charge is 0.160 e. The Balaban J connectivity index is 1.55. The number of fused-ring (bicyclic) bond motifs is 1. The van der Waals surface area contributed by atoms with Crippen LogP contribution < -0.4 is 20.9 Å². The predicted octanol–water partition coefficient (Wildman–Crippen LogP) is 9.20. The van der Waals surface area contributed by atoms with Crippen LogP contribution in [0, 0.1) is 35.5 Å². The highest BCUT2D eigenvalue weighted by Crippen LogP contribution is 2.41. The molecular formula is C46H30N2O4. The van der Waals surface area contributed by atoms with Crippen LogP contribution in [0.4, 0.5) is 11.4 Å². The minimum Gasteiger partial charge on any atom is -0.506 e. The molecule has 7 aromatic carbocycles. The Morgan fingerprint density at radius 1 is 0.385 bits per heavy atom. The maximum atomic E-state index is 10.2. The first-order valence-electron chi connectivity index (χ1n) is 16.3. The Kier molecular flexibility index (Phi) is 9.34. The Morgan fingerprint density at radius 2 is 0.808 bits per heavy atom. The highest BCUT2D eigenvalue weighted by atomic mass is 16.5. The lowest BCUT2D eigenvalue weighted by molar-refractivity contribution is 0.465. The van der Waals surface area contributed by atoms with Gasteiger partial charge in [-0.05, 0) is 78.9 Å². The van der Waals surface area contributed by atoms with Gasteiger partial charge in [0, 0.05) is 39.6 Å². The maximum Gasteiger partial charge on any atom is 0.160 e. The van der Waals surface area contributed by atoms with Crippen molar-refractivity contribution < 1.29 is 19.7 Å². The molecule has 0 radical (unpaired) electrons. The average Bonchev–Trinajstić information content (AvgIpc) is 3.17. The minimum absolute atomic E-state index is 0.0319. The molecule has 0 aliphatic heterocycles. The summed E-state index contributed by atoms with van der Waals surface area (Å²) in [5.41, 5.74) is 16.5. The molecule has 0 amide bonds. The first-order valence-corrected chi connectivity index (χ1v) is 16.3. The molecule has 0 aromatic heterocycles. The molecule has 52 heavy (non-hydrogen) atoms. The van der Waals surface area contributed by atoms with E-state index in [-0.39, 0.29) is 22.9 Å². The van der Waals surface area contributed by atoms with Crippen molar-refractivity contribution in [2.45, 2.75) is 0 Å². The summed E-state index contributed by atoms with van der Waals surface area (Å²) in [6.07, 6.45) is 0.